The van der Waals surface area contributed by atoms with Gasteiger partial charge in [0, 0.05) is 10.7 Å². The van der Waals surface area contributed by atoms with Crippen LogP contribution in [0.2, 0.25) is 0 Å². The Hall–Kier alpha value is -2.46. The molecular weight excluding hydrogens is 331 g/mol. The van der Waals surface area contributed by atoms with Gasteiger partial charge in [0.05, 0.1) is 0 Å². The number of halogens is 2. The average molecular weight is 337 g/mol. The van der Waals surface area contributed by atoms with E-state index in [9.17, 15) is 9.18 Å². The molecule has 2 rings (SSSR count). The lowest BCUT2D eigenvalue weighted by Crippen LogP contribution is -2.03. The van der Waals surface area contributed by atoms with Gasteiger partial charge in [0.2, 0.25) is 5.88 Å². The molecule has 7 heteroatoms. The van der Waals surface area contributed by atoms with Crippen LogP contribution in [0, 0.1) is 17.1 Å². The number of benzene rings is 1. The van der Waals surface area contributed by atoms with E-state index in [4.69, 9.17) is 15.1 Å². The Kier molecular flexibility index (Phi) is 3.96. The number of aromatic carboxylic acids is 1. The zero-order valence-corrected chi connectivity index (χ0v) is 11.4. The summed E-state index contributed by atoms with van der Waals surface area (Å²) in [5.41, 5.74) is -0.513. The van der Waals surface area contributed by atoms with Crippen LogP contribution in [0.5, 0.6) is 11.6 Å². The van der Waals surface area contributed by atoms with Crippen molar-refractivity contribution < 1.29 is 19.0 Å². The monoisotopic (exact) mass is 336 g/mol. The minimum Gasteiger partial charge on any atom is -0.477 e. The number of nitriles is 1. The summed E-state index contributed by atoms with van der Waals surface area (Å²) in [6.07, 6.45) is 1.34. The molecule has 0 aliphatic rings. The highest BCUT2D eigenvalue weighted by atomic mass is 79.9. The van der Waals surface area contributed by atoms with Crippen molar-refractivity contribution in [1.82, 2.24) is 4.98 Å². The second-order valence-electron chi connectivity index (χ2n) is 3.64. The van der Waals surface area contributed by atoms with Gasteiger partial charge in [-0.25, -0.2) is 14.2 Å². The maximum atomic E-state index is 13.4. The lowest BCUT2D eigenvalue weighted by atomic mass is 10.2. The van der Waals surface area contributed by atoms with E-state index in [2.05, 4.69) is 20.9 Å². The molecule has 20 heavy (non-hydrogen) atoms. The molecule has 100 valence electrons. The Labute approximate surface area is 121 Å². The number of nitrogens with zero attached hydrogens (tertiary/aromatic N) is 2. The second kappa shape index (κ2) is 5.67. The van der Waals surface area contributed by atoms with Crippen molar-refractivity contribution >= 4 is 21.9 Å². The SMILES string of the molecule is N#Cc1c(F)cccc1Oc1ncc(Br)cc1C(=O)O. The number of carbonyl (C=O) groups is 1. The van der Waals surface area contributed by atoms with E-state index in [-0.39, 0.29) is 22.8 Å². The number of carboxylic acids is 1. The van der Waals surface area contributed by atoms with Crippen LogP contribution in [0.25, 0.3) is 0 Å². The average Bonchev–Trinajstić information content (AvgIpc) is 2.41. The van der Waals surface area contributed by atoms with Crippen molar-refractivity contribution in [2.24, 2.45) is 0 Å². The van der Waals surface area contributed by atoms with Crippen LogP contribution < -0.4 is 4.74 Å². The number of aromatic nitrogens is 1. The Morgan fingerprint density at radius 2 is 2.25 bits per heavy atom. The molecular formula is C13H6BrFN2O3. The van der Waals surface area contributed by atoms with E-state index in [1.54, 1.807) is 6.07 Å². The second-order valence-corrected chi connectivity index (χ2v) is 4.55. The maximum Gasteiger partial charge on any atom is 0.341 e. The zero-order chi connectivity index (χ0) is 14.7. The third-order valence-electron chi connectivity index (χ3n) is 2.34. The van der Waals surface area contributed by atoms with Gasteiger partial charge in [-0.3, -0.25) is 0 Å². The van der Waals surface area contributed by atoms with Gasteiger partial charge in [-0.2, -0.15) is 5.26 Å². The first-order valence-electron chi connectivity index (χ1n) is 5.28. The normalized spacial score (nSPS) is 9.85. The van der Waals surface area contributed by atoms with E-state index in [1.807, 2.05) is 0 Å². The van der Waals surface area contributed by atoms with Gasteiger partial charge >= 0.3 is 5.97 Å². The van der Waals surface area contributed by atoms with Crippen molar-refractivity contribution in [1.29, 1.82) is 5.26 Å². The van der Waals surface area contributed by atoms with Crippen LogP contribution in [0.1, 0.15) is 15.9 Å². The van der Waals surface area contributed by atoms with Gasteiger partial charge in [0.1, 0.15) is 28.8 Å². The van der Waals surface area contributed by atoms with Gasteiger partial charge in [-0.1, -0.05) is 6.07 Å². The van der Waals surface area contributed by atoms with Crippen LogP contribution in [-0.4, -0.2) is 16.1 Å². The van der Waals surface area contributed by atoms with Crippen LogP contribution in [0.3, 0.4) is 0 Å². The summed E-state index contributed by atoms with van der Waals surface area (Å²) < 4.78 is 19.1. The van der Waals surface area contributed by atoms with Gasteiger partial charge in [-0.05, 0) is 34.1 Å². The third kappa shape index (κ3) is 2.75. The van der Waals surface area contributed by atoms with Crippen molar-refractivity contribution in [3.8, 4) is 17.7 Å². The van der Waals surface area contributed by atoms with Crippen molar-refractivity contribution in [3.63, 3.8) is 0 Å². The molecule has 0 fully saturated rings. The lowest BCUT2D eigenvalue weighted by molar-refractivity contribution is 0.0693. The lowest BCUT2D eigenvalue weighted by Gasteiger charge is -2.09. The standard InChI is InChI=1S/C13H6BrFN2O3/c14-7-4-8(13(18)19)12(17-6-7)20-11-3-1-2-10(15)9(11)5-16/h1-4,6H,(H,18,19). The summed E-state index contributed by atoms with van der Waals surface area (Å²) in [4.78, 5) is 14.9. The van der Waals surface area contributed by atoms with Crippen molar-refractivity contribution in [2.75, 3.05) is 0 Å². The highest BCUT2D eigenvalue weighted by molar-refractivity contribution is 9.10. The topological polar surface area (TPSA) is 83.2 Å². The van der Waals surface area contributed by atoms with Gasteiger partial charge in [0.25, 0.3) is 0 Å². The molecule has 5 nitrogen and oxygen atoms in total. The van der Waals surface area contributed by atoms with Crippen molar-refractivity contribution in [2.45, 2.75) is 0 Å². The summed E-state index contributed by atoms with van der Waals surface area (Å²) in [5.74, 6) is -2.31. The maximum absolute atomic E-state index is 13.4. The molecule has 0 unspecified atom stereocenters. The number of pyridine rings is 1. The molecule has 0 aliphatic carbocycles. The van der Waals surface area contributed by atoms with Crippen LogP contribution in [-0.2, 0) is 0 Å². The van der Waals surface area contributed by atoms with Crippen molar-refractivity contribution in [3.05, 3.63) is 51.9 Å². The Bertz CT molecular complexity index is 728. The minimum atomic E-state index is -1.25. The smallest absolute Gasteiger partial charge is 0.341 e. The highest BCUT2D eigenvalue weighted by Crippen LogP contribution is 2.28. The molecule has 0 aliphatic heterocycles. The van der Waals surface area contributed by atoms with E-state index >= 15 is 0 Å². The van der Waals surface area contributed by atoms with E-state index < -0.39 is 11.8 Å². The number of hydrogen-bond donors (Lipinski definition) is 1. The fourth-order valence-corrected chi connectivity index (χ4v) is 1.79. The van der Waals surface area contributed by atoms with E-state index in [0.29, 0.717) is 4.47 Å². The molecule has 0 atom stereocenters. The van der Waals surface area contributed by atoms with Gasteiger partial charge in [0.15, 0.2) is 0 Å². The Morgan fingerprint density at radius 1 is 1.50 bits per heavy atom. The fourth-order valence-electron chi connectivity index (χ4n) is 1.46. The first kappa shape index (κ1) is 14.0. The molecule has 1 N–H and O–H groups in total. The first-order chi connectivity index (χ1) is 9.52. The molecule has 1 aromatic heterocycles. The summed E-state index contributed by atoms with van der Waals surface area (Å²) in [6.45, 7) is 0. The molecule has 1 aromatic carbocycles. The summed E-state index contributed by atoms with van der Waals surface area (Å²) in [5, 5.41) is 18.0. The molecule has 0 spiro atoms. The third-order valence-corrected chi connectivity index (χ3v) is 2.78. The van der Waals surface area contributed by atoms with Crippen LogP contribution in [0.15, 0.2) is 34.9 Å². The summed E-state index contributed by atoms with van der Waals surface area (Å²) in [7, 11) is 0. The summed E-state index contributed by atoms with van der Waals surface area (Å²) >= 11 is 3.10. The highest BCUT2D eigenvalue weighted by Gasteiger charge is 2.17. The largest absolute Gasteiger partial charge is 0.477 e. The van der Waals surface area contributed by atoms with E-state index in [1.165, 1.54) is 24.4 Å². The molecule has 0 bridgehead atoms. The molecule has 0 amide bonds. The molecule has 0 radical (unpaired) electrons. The number of ether oxygens (including phenoxy) is 1. The molecule has 0 saturated carbocycles. The predicted molar refractivity (Wildman–Crippen MR) is 70.1 cm³/mol. The fraction of sp³-hybridized carbons (Fsp3) is 0. The zero-order valence-electron chi connectivity index (χ0n) is 9.80. The van der Waals surface area contributed by atoms with Crippen LogP contribution in [0.4, 0.5) is 4.39 Å². The molecule has 1 heterocycles. The van der Waals surface area contributed by atoms with Gasteiger partial charge < -0.3 is 9.84 Å². The molecule has 2 aromatic rings. The molecule has 0 saturated heterocycles. The first-order valence-corrected chi connectivity index (χ1v) is 6.07. The number of hydrogen-bond acceptors (Lipinski definition) is 4. The summed E-state index contributed by atoms with van der Waals surface area (Å²) in [6, 6.07) is 6.78. The predicted octanol–water partition coefficient (Wildman–Crippen LogP) is 3.35. The quantitative estimate of drug-likeness (QED) is 0.929. The van der Waals surface area contributed by atoms with E-state index in [0.717, 1.165) is 6.07 Å². The minimum absolute atomic E-state index is 0.0928. The number of rotatable bonds is 3. The Morgan fingerprint density at radius 3 is 2.90 bits per heavy atom. The number of carboxylic acid groups (broad SMARTS) is 1. The Balaban J connectivity index is 2.49. The van der Waals surface area contributed by atoms with Gasteiger partial charge in [-0.15, -0.1) is 0 Å². The van der Waals surface area contributed by atoms with Crippen LogP contribution >= 0.6 is 15.9 Å².